The van der Waals surface area contributed by atoms with Gasteiger partial charge in [0.2, 0.25) is 0 Å². The van der Waals surface area contributed by atoms with Crippen molar-refractivity contribution < 1.29 is 13.2 Å². The highest BCUT2D eigenvalue weighted by atomic mass is 35.5. The van der Waals surface area contributed by atoms with E-state index < -0.39 is 10.0 Å². The number of rotatable bonds is 3. The molecule has 1 heterocycles. The first-order chi connectivity index (χ1) is 12.0. The Morgan fingerprint density at radius 3 is 2.40 bits per heavy atom. The number of hydrogen-bond donors (Lipinski definition) is 0. The maximum Gasteiger partial charge on any atom is 0.264 e. The fourth-order valence-corrected chi connectivity index (χ4v) is 4.66. The number of halogens is 1. The van der Waals surface area contributed by atoms with Gasteiger partial charge < -0.3 is 4.74 Å². The largest absolute Gasteiger partial charge is 0.457 e. The van der Waals surface area contributed by atoms with E-state index >= 15 is 0 Å². The van der Waals surface area contributed by atoms with Gasteiger partial charge in [-0.05, 0) is 54.1 Å². The second kappa shape index (κ2) is 6.10. The van der Waals surface area contributed by atoms with E-state index in [9.17, 15) is 8.42 Å². The van der Waals surface area contributed by atoms with Gasteiger partial charge in [-0.2, -0.15) is 0 Å². The first-order valence-electron chi connectivity index (χ1n) is 7.68. The van der Waals surface area contributed by atoms with Crippen molar-refractivity contribution in [3.05, 3.63) is 83.4 Å². The van der Waals surface area contributed by atoms with Crippen LogP contribution >= 0.6 is 11.6 Å². The second-order valence-corrected chi connectivity index (χ2v) is 7.94. The number of hydrogen-bond acceptors (Lipinski definition) is 3. The molecule has 0 saturated heterocycles. The molecule has 3 aromatic rings. The number of para-hydroxylation sites is 1. The summed E-state index contributed by atoms with van der Waals surface area (Å²) < 4.78 is 32.7. The van der Waals surface area contributed by atoms with Gasteiger partial charge in [0.05, 0.1) is 17.1 Å². The van der Waals surface area contributed by atoms with Gasteiger partial charge in [0.1, 0.15) is 11.5 Å². The highest BCUT2D eigenvalue weighted by Crippen LogP contribution is 2.37. The van der Waals surface area contributed by atoms with Crippen LogP contribution in [0.2, 0.25) is 5.02 Å². The fraction of sp³-hybridized carbons (Fsp3) is 0.0526. The second-order valence-electron chi connectivity index (χ2n) is 5.68. The zero-order valence-corrected chi connectivity index (χ0v) is 14.7. The highest BCUT2D eigenvalue weighted by molar-refractivity contribution is 7.93. The molecule has 0 atom stereocenters. The van der Waals surface area contributed by atoms with Crippen molar-refractivity contribution in [3.8, 4) is 11.5 Å². The van der Waals surface area contributed by atoms with E-state index in [1.807, 2.05) is 18.2 Å². The summed E-state index contributed by atoms with van der Waals surface area (Å²) in [6.07, 6.45) is 0. The van der Waals surface area contributed by atoms with E-state index in [-0.39, 0.29) is 6.54 Å². The molecule has 0 fully saturated rings. The number of anilines is 1. The highest BCUT2D eigenvalue weighted by Gasteiger charge is 2.34. The molecule has 6 heteroatoms. The fourth-order valence-electron chi connectivity index (χ4n) is 2.84. The van der Waals surface area contributed by atoms with Gasteiger partial charge in [-0.15, -0.1) is 0 Å². The molecule has 25 heavy (non-hydrogen) atoms. The third kappa shape index (κ3) is 2.97. The van der Waals surface area contributed by atoms with Crippen molar-refractivity contribution >= 4 is 27.3 Å². The summed E-state index contributed by atoms with van der Waals surface area (Å²) in [5, 5.41) is 0.580. The first kappa shape index (κ1) is 16.0. The maximum absolute atomic E-state index is 12.8. The molecule has 0 saturated carbocycles. The van der Waals surface area contributed by atoms with Gasteiger partial charge in [-0.3, -0.25) is 4.31 Å². The minimum absolute atomic E-state index is 0.286. The molecule has 3 aromatic carbocycles. The third-order valence-electron chi connectivity index (χ3n) is 3.99. The number of nitrogens with zero attached hydrogens (tertiary/aromatic N) is 1. The lowest BCUT2D eigenvalue weighted by Gasteiger charge is -2.16. The number of fused-ring (bicyclic) bond motifs is 1. The van der Waals surface area contributed by atoms with Crippen molar-refractivity contribution in [3.63, 3.8) is 0 Å². The van der Waals surface area contributed by atoms with Crippen LogP contribution < -0.4 is 9.04 Å². The van der Waals surface area contributed by atoms with E-state index in [4.69, 9.17) is 16.3 Å². The van der Waals surface area contributed by atoms with E-state index in [0.29, 0.717) is 32.7 Å². The molecule has 0 N–H and O–H groups in total. The Balaban J connectivity index is 1.67. The van der Waals surface area contributed by atoms with Crippen LogP contribution in [0.1, 0.15) is 5.56 Å². The van der Waals surface area contributed by atoms with Crippen LogP contribution in [0.15, 0.2) is 77.7 Å². The molecule has 126 valence electrons. The molecule has 0 unspecified atom stereocenters. The van der Waals surface area contributed by atoms with E-state index in [1.165, 1.54) is 4.31 Å². The topological polar surface area (TPSA) is 46.6 Å². The minimum Gasteiger partial charge on any atom is -0.457 e. The lowest BCUT2D eigenvalue weighted by atomic mass is 10.2. The van der Waals surface area contributed by atoms with Crippen molar-refractivity contribution in [1.29, 1.82) is 0 Å². The number of sulfonamides is 1. The predicted molar refractivity (Wildman–Crippen MR) is 97.8 cm³/mol. The Morgan fingerprint density at radius 2 is 1.64 bits per heavy atom. The average molecular weight is 372 g/mol. The van der Waals surface area contributed by atoms with Gasteiger partial charge in [0.25, 0.3) is 10.0 Å². The zero-order chi connectivity index (χ0) is 17.4. The zero-order valence-electron chi connectivity index (χ0n) is 13.1. The lowest BCUT2D eigenvalue weighted by Crippen LogP contribution is -2.23. The Bertz CT molecular complexity index is 1040. The Labute approximate surface area is 151 Å². The van der Waals surface area contributed by atoms with Gasteiger partial charge in [0.15, 0.2) is 0 Å². The van der Waals surface area contributed by atoms with Crippen LogP contribution in [0.4, 0.5) is 5.69 Å². The summed E-state index contributed by atoms with van der Waals surface area (Å²) in [4.78, 5) is 0.315. The van der Waals surface area contributed by atoms with Crippen molar-refractivity contribution in [1.82, 2.24) is 0 Å². The van der Waals surface area contributed by atoms with Crippen LogP contribution in [0.5, 0.6) is 11.5 Å². The SMILES string of the molecule is O=S1(=O)c2ccc(Oc3cccc(Cl)c3)cc2CN1c1ccccc1. The summed E-state index contributed by atoms with van der Waals surface area (Å²) in [6, 6.07) is 21.1. The standard InChI is InChI=1S/C19H14ClNO3S/c20-15-5-4-8-17(12-15)24-18-9-10-19-14(11-18)13-21(25(19,22)23)16-6-2-1-3-7-16/h1-12H,13H2. The summed E-state index contributed by atoms with van der Waals surface area (Å²) >= 11 is 5.96. The molecule has 0 bridgehead atoms. The average Bonchev–Trinajstić information content (AvgIpc) is 2.86. The third-order valence-corrected chi connectivity index (χ3v) is 6.10. The van der Waals surface area contributed by atoms with Crippen LogP contribution in [-0.4, -0.2) is 8.42 Å². The normalized spacial score (nSPS) is 15.0. The molecule has 1 aliphatic heterocycles. The van der Waals surface area contributed by atoms with Gasteiger partial charge >= 0.3 is 0 Å². The molecule has 0 amide bonds. The van der Waals surface area contributed by atoms with Crippen molar-refractivity contribution in [2.45, 2.75) is 11.4 Å². The summed E-state index contributed by atoms with van der Waals surface area (Å²) in [7, 11) is -3.54. The molecule has 0 aromatic heterocycles. The molecule has 0 spiro atoms. The monoisotopic (exact) mass is 371 g/mol. The smallest absolute Gasteiger partial charge is 0.264 e. The molecule has 4 nitrogen and oxygen atoms in total. The molecule has 1 aliphatic rings. The van der Waals surface area contributed by atoms with Gasteiger partial charge in [0, 0.05) is 5.02 Å². The first-order valence-corrected chi connectivity index (χ1v) is 9.50. The lowest BCUT2D eigenvalue weighted by molar-refractivity contribution is 0.481. The minimum atomic E-state index is -3.54. The van der Waals surface area contributed by atoms with Crippen LogP contribution in [0, 0.1) is 0 Å². The summed E-state index contributed by atoms with van der Waals surface area (Å²) in [5.74, 6) is 1.18. The van der Waals surface area contributed by atoms with Gasteiger partial charge in [-0.25, -0.2) is 8.42 Å². The maximum atomic E-state index is 12.8. The Morgan fingerprint density at radius 1 is 0.880 bits per heavy atom. The molecule has 4 rings (SSSR count). The Kier molecular flexibility index (Phi) is 3.90. The molecule has 0 aliphatic carbocycles. The van der Waals surface area contributed by atoms with Crippen LogP contribution in [0.25, 0.3) is 0 Å². The van der Waals surface area contributed by atoms with E-state index in [0.717, 1.165) is 0 Å². The van der Waals surface area contributed by atoms with Crippen molar-refractivity contribution in [2.24, 2.45) is 0 Å². The van der Waals surface area contributed by atoms with Crippen LogP contribution in [0.3, 0.4) is 0 Å². The van der Waals surface area contributed by atoms with Crippen LogP contribution in [-0.2, 0) is 16.6 Å². The number of benzene rings is 3. The van der Waals surface area contributed by atoms with Crippen molar-refractivity contribution in [2.75, 3.05) is 4.31 Å². The molecule has 0 radical (unpaired) electrons. The Hall–Kier alpha value is -2.50. The van der Waals surface area contributed by atoms with E-state index in [2.05, 4.69) is 0 Å². The predicted octanol–water partition coefficient (Wildman–Crippen LogP) is 4.84. The van der Waals surface area contributed by atoms with E-state index in [1.54, 1.807) is 54.6 Å². The molecular formula is C19H14ClNO3S. The van der Waals surface area contributed by atoms with Gasteiger partial charge in [-0.1, -0.05) is 35.9 Å². The summed E-state index contributed by atoms with van der Waals surface area (Å²) in [6.45, 7) is 0.286. The molecular weight excluding hydrogens is 358 g/mol. The quantitative estimate of drug-likeness (QED) is 0.661. The number of ether oxygens (including phenoxy) is 1. The summed E-state index contributed by atoms with van der Waals surface area (Å²) in [5.41, 5.74) is 1.36.